The van der Waals surface area contributed by atoms with Gasteiger partial charge >= 0.3 is 10.3 Å². The first-order valence-corrected chi connectivity index (χ1v) is 13.7. The van der Waals surface area contributed by atoms with Crippen molar-refractivity contribution in [3.8, 4) is 0 Å². The van der Waals surface area contributed by atoms with Crippen LogP contribution in [0.15, 0.2) is 24.3 Å². The van der Waals surface area contributed by atoms with Crippen LogP contribution in [0.2, 0.25) is 5.02 Å². The van der Waals surface area contributed by atoms with Crippen LogP contribution in [0.5, 0.6) is 0 Å². The molecule has 4 nitrogen and oxygen atoms in total. The van der Waals surface area contributed by atoms with Crippen molar-refractivity contribution in [2.45, 2.75) is 110 Å². The molecule has 174 valence electrons. The van der Waals surface area contributed by atoms with Crippen LogP contribution < -0.4 is 4.31 Å². The molecule has 0 fully saturated rings. The maximum atomic E-state index is 11.7. The van der Waals surface area contributed by atoms with Gasteiger partial charge in [0.2, 0.25) is 0 Å². The summed E-state index contributed by atoms with van der Waals surface area (Å²) in [5.41, 5.74) is 0.447. The summed E-state index contributed by atoms with van der Waals surface area (Å²) in [5, 5.41) is 0.538. The topological polar surface area (TPSA) is 57.6 Å². The van der Waals surface area contributed by atoms with E-state index < -0.39 is 10.3 Å². The number of anilines is 1. The van der Waals surface area contributed by atoms with Crippen molar-refractivity contribution in [1.82, 2.24) is 0 Å². The second-order valence-electron chi connectivity index (χ2n) is 8.33. The first kappa shape index (κ1) is 27.3. The molecule has 1 aromatic carbocycles. The monoisotopic (exact) mass is 459 g/mol. The fourth-order valence-electron chi connectivity index (χ4n) is 3.79. The third-order valence-electron chi connectivity index (χ3n) is 5.61. The minimum Gasteiger partial charge on any atom is -0.269 e. The summed E-state index contributed by atoms with van der Waals surface area (Å²) in [6, 6.07) is 6.48. The lowest BCUT2D eigenvalue weighted by Gasteiger charge is -2.20. The molecule has 0 unspecified atom stereocenters. The molecule has 1 rings (SSSR count). The second-order valence-corrected chi connectivity index (χ2v) is 10.1. The number of rotatable bonds is 19. The Balaban J connectivity index is 2.00. The van der Waals surface area contributed by atoms with Gasteiger partial charge < -0.3 is 0 Å². The molecule has 0 aliphatic carbocycles. The highest BCUT2D eigenvalue weighted by Gasteiger charge is 2.18. The van der Waals surface area contributed by atoms with Crippen LogP contribution in [0.4, 0.5) is 5.69 Å². The molecule has 0 aliphatic heterocycles. The Labute approximate surface area is 190 Å². The van der Waals surface area contributed by atoms with E-state index in [4.69, 9.17) is 11.6 Å². The van der Waals surface area contributed by atoms with Crippen LogP contribution in [-0.4, -0.2) is 19.5 Å². The van der Waals surface area contributed by atoms with E-state index in [2.05, 4.69) is 6.92 Å². The highest BCUT2D eigenvalue weighted by molar-refractivity contribution is 7.87. The van der Waals surface area contributed by atoms with Gasteiger partial charge in [0.05, 0.1) is 5.69 Å². The van der Waals surface area contributed by atoms with Crippen molar-refractivity contribution in [1.29, 1.82) is 0 Å². The van der Waals surface area contributed by atoms with Crippen molar-refractivity contribution in [3.63, 3.8) is 0 Å². The molecule has 30 heavy (non-hydrogen) atoms. The van der Waals surface area contributed by atoms with Gasteiger partial charge in [0, 0.05) is 11.6 Å². The lowest BCUT2D eigenvalue weighted by molar-refractivity contribution is 0.475. The zero-order chi connectivity index (χ0) is 22.1. The Morgan fingerprint density at radius 1 is 0.700 bits per heavy atom. The van der Waals surface area contributed by atoms with Crippen LogP contribution in [-0.2, 0) is 10.3 Å². The van der Waals surface area contributed by atoms with E-state index in [1.165, 1.54) is 83.5 Å². The fraction of sp³-hybridized carbons (Fsp3) is 0.750. The van der Waals surface area contributed by atoms with Crippen molar-refractivity contribution in [3.05, 3.63) is 29.3 Å². The molecule has 0 spiro atoms. The first-order valence-electron chi connectivity index (χ1n) is 12.0. The van der Waals surface area contributed by atoms with Crippen molar-refractivity contribution < 1.29 is 13.0 Å². The van der Waals surface area contributed by atoms with E-state index in [1.54, 1.807) is 24.3 Å². The van der Waals surface area contributed by atoms with Crippen LogP contribution in [0, 0.1) is 0 Å². The zero-order valence-corrected chi connectivity index (χ0v) is 20.4. The van der Waals surface area contributed by atoms with E-state index in [0.29, 0.717) is 17.3 Å². The molecule has 0 saturated heterocycles. The van der Waals surface area contributed by atoms with Gasteiger partial charge in [-0.3, -0.25) is 4.55 Å². The normalized spacial score (nSPS) is 11.7. The maximum Gasteiger partial charge on any atom is 0.359 e. The highest BCUT2D eigenvalue weighted by atomic mass is 35.5. The SMILES string of the molecule is CCCCCCCCCCCCCCCCCCN(c1ccc(Cl)cc1)S(=O)(=O)O. The van der Waals surface area contributed by atoms with E-state index in [-0.39, 0.29) is 0 Å². The zero-order valence-electron chi connectivity index (χ0n) is 18.8. The van der Waals surface area contributed by atoms with Crippen molar-refractivity contribution in [2.24, 2.45) is 0 Å². The van der Waals surface area contributed by atoms with Crippen LogP contribution in [0.25, 0.3) is 0 Å². The van der Waals surface area contributed by atoms with E-state index in [0.717, 1.165) is 23.6 Å². The predicted octanol–water partition coefficient (Wildman–Crippen LogP) is 8.21. The molecule has 0 amide bonds. The van der Waals surface area contributed by atoms with Gasteiger partial charge in [0.25, 0.3) is 0 Å². The third-order valence-corrected chi connectivity index (χ3v) is 6.81. The molecule has 0 atom stereocenters. The summed E-state index contributed by atoms with van der Waals surface area (Å²) in [5.74, 6) is 0. The van der Waals surface area contributed by atoms with Gasteiger partial charge in [-0.05, 0) is 30.7 Å². The Morgan fingerprint density at radius 3 is 1.43 bits per heavy atom. The molecule has 1 N–H and O–H groups in total. The summed E-state index contributed by atoms with van der Waals surface area (Å²) in [6.07, 6.45) is 20.4. The van der Waals surface area contributed by atoms with E-state index >= 15 is 0 Å². The largest absolute Gasteiger partial charge is 0.359 e. The molecular weight excluding hydrogens is 418 g/mol. The maximum absolute atomic E-state index is 11.7. The number of hydrogen-bond donors (Lipinski definition) is 1. The summed E-state index contributed by atoms with van der Waals surface area (Å²) in [4.78, 5) is 0. The Hall–Kier alpha value is -0.780. The smallest absolute Gasteiger partial charge is 0.269 e. The second kappa shape index (κ2) is 16.9. The van der Waals surface area contributed by atoms with Crippen molar-refractivity contribution >= 4 is 27.6 Å². The van der Waals surface area contributed by atoms with Crippen molar-refractivity contribution in [2.75, 3.05) is 10.8 Å². The number of halogens is 1. The van der Waals surface area contributed by atoms with Gasteiger partial charge in [-0.15, -0.1) is 0 Å². The van der Waals surface area contributed by atoms with Gasteiger partial charge in [-0.2, -0.15) is 8.42 Å². The number of unbranched alkanes of at least 4 members (excludes halogenated alkanes) is 15. The van der Waals surface area contributed by atoms with Crippen LogP contribution in [0.3, 0.4) is 0 Å². The predicted molar refractivity (Wildman–Crippen MR) is 130 cm³/mol. The first-order chi connectivity index (χ1) is 14.4. The Bertz CT molecular complexity index is 634. The quantitative estimate of drug-likeness (QED) is 0.167. The molecule has 0 aromatic heterocycles. The molecular formula is C24H42ClNO3S. The standard InChI is InChI=1S/C24H42ClNO3S/c1-2-3-4-5-6-7-8-9-10-11-12-13-14-15-16-17-22-26(30(27,28)29)24-20-18-23(25)19-21-24/h18-21H,2-17,22H2,1H3,(H,27,28,29). The number of hydrogen-bond acceptors (Lipinski definition) is 2. The Kier molecular flexibility index (Phi) is 15.3. The van der Waals surface area contributed by atoms with E-state index in [9.17, 15) is 13.0 Å². The lowest BCUT2D eigenvalue weighted by atomic mass is 10.0. The summed E-state index contributed by atoms with van der Waals surface area (Å²) in [6.45, 7) is 2.55. The van der Waals surface area contributed by atoms with E-state index in [1.807, 2.05) is 0 Å². The number of benzene rings is 1. The van der Waals surface area contributed by atoms with Crippen LogP contribution in [0.1, 0.15) is 110 Å². The van der Waals surface area contributed by atoms with Gasteiger partial charge in [0.15, 0.2) is 0 Å². The van der Waals surface area contributed by atoms with Gasteiger partial charge in [-0.25, -0.2) is 4.31 Å². The fourth-order valence-corrected chi connectivity index (χ4v) is 4.66. The minimum absolute atomic E-state index is 0.291. The highest BCUT2D eigenvalue weighted by Crippen LogP contribution is 2.21. The molecule has 1 aromatic rings. The lowest BCUT2D eigenvalue weighted by Crippen LogP contribution is -2.31. The number of nitrogens with zero attached hydrogens (tertiary/aromatic N) is 1. The summed E-state index contributed by atoms with van der Waals surface area (Å²) >= 11 is 5.85. The molecule has 0 bridgehead atoms. The van der Waals surface area contributed by atoms with Crippen LogP contribution >= 0.6 is 11.6 Å². The molecule has 0 heterocycles. The third kappa shape index (κ3) is 13.5. The summed E-state index contributed by atoms with van der Waals surface area (Å²) in [7, 11) is -4.26. The minimum atomic E-state index is -4.26. The molecule has 6 heteroatoms. The molecule has 0 radical (unpaired) electrons. The van der Waals surface area contributed by atoms with Gasteiger partial charge in [0.1, 0.15) is 0 Å². The average Bonchev–Trinajstić information content (AvgIpc) is 2.70. The van der Waals surface area contributed by atoms with Gasteiger partial charge in [-0.1, -0.05) is 115 Å². The average molecular weight is 460 g/mol. The summed E-state index contributed by atoms with van der Waals surface area (Å²) < 4.78 is 33.9. The molecule has 0 saturated carbocycles. The molecule has 0 aliphatic rings. The Morgan fingerprint density at radius 2 is 1.07 bits per heavy atom.